The fraction of sp³-hybridized carbons (Fsp3) is 0.500. The molecule has 0 spiro atoms. The maximum Gasteiger partial charge on any atom is -0.0470 e. The molecule has 0 radical (unpaired) electrons. The molecule has 1 heteroatoms. The van der Waals surface area contributed by atoms with Gasteiger partial charge in [0.25, 0.3) is 0 Å². The summed E-state index contributed by atoms with van der Waals surface area (Å²) in [5.41, 5.74) is 0. The highest BCUT2D eigenvalue weighted by molar-refractivity contribution is 5.85. The zero-order valence-corrected chi connectivity index (χ0v) is 4.38. The second-order valence-corrected chi connectivity index (χ2v) is 0.667. The Morgan fingerprint density at radius 3 is 1.20 bits per heavy atom. The molecule has 0 fully saturated rings. The van der Waals surface area contributed by atoms with Gasteiger partial charge in [0, 0.05) is 0 Å². The highest BCUT2D eigenvalue weighted by atomic mass is 35.5. The lowest BCUT2D eigenvalue weighted by molar-refractivity contribution is 1.64. The summed E-state index contributed by atoms with van der Waals surface area (Å²) in [5.74, 6) is 0. The average Bonchev–Trinajstić information content (AvgIpc) is 1.37. The molecule has 0 saturated heterocycles. The third kappa shape index (κ3) is 15.7. The van der Waals surface area contributed by atoms with Crippen LogP contribution in [0.5, 0.6) is 0 Å². The largest absolute Gasteiger partial charge is 0.147 e. The van der Waals surface area contributed by atoms with E-state index in [4.69, 9.17) is 0 Å². The highest BCUT2D eigenvalue weighted by Gasteiger charge is 1.34. The van der Waals surface area contributed by atoms with E-state index < -0.39 is 0 Å². The third-order valence-corrected chi connectivity index (χ3v) is 0.333. The van der Waals surface area contributed by atoms with Gasteiger partial charge in [-0.25, -0.2) is 0 Å². The molecule has 0 N–H and O–H groups in total. The molecule has 0 aromatic carbocycles. The molecule has 0 aromatic heterocycles. The summed E-state index contributed by atoms with van der Waals surface area (Å²) < 4.78 is 0. The molecule has 0 saturated carbocycles. The molecule has 32 valence electrons. The van der Waals surface area contributed by atoms with Crippen LogP contribution in [-0.2, 0) is 0 Å². The van der Waals surface area contributed by atoms with Crippen molar-refractivity contribution in [1.82, 2.24) is 0 Å². The fourth-order valence-corrected chi connectivity index (χ4v) is 0. The minimum Gasteiger partial charge on any atom is -0.147 e. The molecule has 0 aliphatic rings. The van der Waals surface area contributed by atoms with E-state index in [1.54, 1.807) is 0 Å². The van der Waals surface area contributed by atoms with Crippen molar-refractivity contribution >= 4 is 12.4 Å². The second-order valence-electron chi connectivity index (χ2n) is 0.667. The monoisotopic (exact) mass is 92.0 g/mol. The number of halogens is 1. The Bertz CT molecular complexity index is 18.8. The summed E-state index contributed by atoms with van der Waals surface area (Å²) in [5, 5.41) is 0. The lowest BCUT2D eigenvalue weighted by atomic mass is 10.6. The van der Waals surface area contributed by atoms with Crippen LogP contribution < -0.4 is 0 Å². The van der Waals surface area contributed by atoms with E-state index >= 15 is 0 Å². The third-order valence-electron chi connectivity index (χ3n) is 0.333. The van der Waals surface area contributed by atoms with E-state index in [1.165, 1.54) is 0 Å². The Labute approximate surface area is 39.3 Å². The molecule has 0 aliphatic heterocycles. The van der Waals surface area contributed by atoms with Crippen molar-refractivity contribution in [3.63, 3.8) is 0 Å². The lowest BCUT2D eigenvalue weighted by Gasteiger charge is -1.49. The van der Waals surface area contributed by atoms with Gasteiger partial charge >= 0.3 is 0 Å². The minimum absolute atomic E-state index is 0. The molecule has 0 aromatic rings. The van der Waals surface area contributed by atoms with Crippen molar-refractivity contribution in [2.75, 3.05) is 0 Å². The quantitative estimate of drug-likeness (QED) is 0.401. The predicted molar refractivity (Wildman–Crippen MR) is 27.7 cm³/mol. The maximum absolute atomic E-state index is 2.00. The first kappa shape index (κ1) is 8.90. The van der Waals surface area contributed by atoms with E-state index in [2.05, 4.69) is 0 Å². The topological polar surface area (TPSA) is 0 Å². The van der Waals surface area contributed by atoms with Crippen molar-refractivity contribution in [2.24, 2.45) is 0 Å². The Morgan fingerprint density at radius 2 is 1.20 bits per heavy atom. The Morgan fingerprint density at radius 1 is 1.00 bits per heavy atom. The molecule has 0 heterocycles. The van der Waals surface area contributed by atoms with Crippen molar-refractivity contribution in [2.45, 2.75) is 13.8 Å². The molecule has 0 atom stereocenters. The SMILES string of the molecule is C/C=C/C.Cl. The van der Waals surface area contributed by atoms with Crippen LogP contribution in [0.1, 0.15) is 13.8 Å². The fourth-order valence-electron chi connectivity index (χ4n) is 0. The van der Waals surface area contributed by atoms with Crippen LogP contribution in [0.4, 0.5) is 0 Å². The first-order valence-electron chi connectivity index (χ1n) is 1.49. The molecule has 5 heavy (non-hydrogen) atoms. The maximum atomic E-state index is 2.00. The zero-order chi connectivity index (χ0) is 3.41. The van der Waals surface area contributed by atoms with Gasteiger partial charge in [-0.15, -0.1) is 12.4 Å². The standard InChI is InChI=1S/C4H8.ClH/c1-3-4-2;/h3-4H,1-2H3;1H/b4-3+;. The Kier molecular flexibility index (Phi) is 16.0. The Balaban J connectivity index is 0. The summed E-state index contributed by atoms with van der Waals surface area (Å²) in [7, 11) is 0. The van der Waals surface area contributed by atoms with E-state index in [9.17, 15) is 0 Å². The summed E-state index contributed by atoms with van der Waals surface area (Å²) in [6, 6.07) is 0. The van der Waals surface area contributed by atoms with E-state index in [0.717, 1.165) is 0 Å². The number of hydrogen-bond donors (Lipinski definition) is 0. The summed E-state index contributed by atoms with van der Waals surface area (Å²) in [6.45, 7) is 4.00. The van der Waals surface area contributed by atoms with Gasteiger partial charge in [0.1, 0.15) is 0 Å². The van der Waals surface area contributed by atoms with Gasteiger partial charge in [-0.05, 0) is 13.8 Å². The van der Waals surface area contributed by atoms with Gasteiger partial charge in [-0.1, -0.05) is 12.2 Å². The summed E-state index contributed by atoms with van der Waals surface area (Å²) in [6.07, 6.45) is 4.00. The number of allylic oxidation sites excluding steroid dienone is 2. The van der Waals surface area contributed by atoms with Gasteiger partial charge in [0.05, 0.1) is 0 Å². The van der Waals surface area contributed by atoms with Gasteiger partial charge < -0.3 is 0 Å². The molecule has 0 unspecified atom stereocenters. The van der Waals surface area contributed by atoms with Crippen molar-refractivity contribution in [3.05, 3.63) is 12.2 Å². The van der Waals surface area contributed by atoms with E-state index in [0.29, 0.717) is 0 Å². The van der Waals surface area contributed by atoms with Crippen LogP contribution in [-0.4, -0.2) is 0 Å². The molecule has 0 bridgehead atoms. The van der Waals surface area contributed by atoms with Crippen molar-refractivity contribution in [1.29, 1.82) is 0 Å². The smallest absolute Gasteiger partial charge is 0.0470 e. The number of rotatable bonds is 0. The molecular formula is C4H9Cl. The molecule has 0 aliphatic carbocycles. The first-order chi connectivity index (χ1) is 1.91. The zero-order valence-electron chi connectivity index (χ0n) is 3.56. The van der Waals surface area contributed by atoms with Gasteiger partial charge in [0.15, 0.2) is 0 Å². The highest BCUT2D eigenvalue weighted by Crippen LogP contribution is 1.57. The summed E-state index contributed by atoms with van der Waals surface area (Å²) >= 11 is 0. The van der Waals surface area contributed by atoms with E-state index in [-0.39, 0.29) is 12.4 Å². The number of hydrogen-bond acceptors (Lipinski definition) is 0. The van der Waals surface area contributed by atoms with Gasteiger partial charge in [-0.3, -0.25) is 0 Å². The predicted octanol–water partition coefficient (Wildman–Crippen LogP) is 2.00. The van der Waals surface area contributed by atoms with Gasteiger partial charge in [0.2, 0.25) is 0 Å². The molecule has 0 rings (SSSR count). The van der Waals surface area contributed by atoms with Crippen molar-refractivity contribution in [3.8, 4) is 0 Å². The van der Waals surface area contributed by atoms with Crippen LogP contribution >= 0.6 is 12.4 Å². The van der Waals surface area contributed by atoms with Crippen LogP contribution in [0.2, 0.25) is 0 Å². The lowest BCUT2D eigenvalue weighted by Crippen LogP contribution is -1.26. The van der Waals surface area contributed by atoms with Gasteiger partial charge in [-0.2, -0.15) is 0 Å². The second kappa shape index (κ2) is 8.98. The van der Waals surface area contributed by atoms with Crippen LogP contribution in [0.3, 0.4) is 0 Å². The minimum atomic E-state index is 0. The normalized spacial score (nSPS) is 7.60. The van der Waals surface area contributed by atoms with Crippen LogP contribution in [0.25, 0.3) is 0 Å². The van der Waals surface area contributed by atoms with Crippen LogP contribution in [0.15, 0.2) is 12.2 Å². The molecule has 0 amide bonds. The van der Waals surface area contributed by atoms with Crippen LogP contribution in [0, 0.1) is 0 Å². The summed E-state index contributed by atoms with van der Waals surface area (Å²) in [4.78, 5) is 0. The van der Waals surface area contributed by atoms with Crippen molar-refractivity contribution < 1.29 is 0 Å². The molecule has 0 nitrogen and oxygen atoms in total. The first-order valence-corrected chi connectivity index (χ1v) is 1.49. The molecular weight excluding hydrogens is 83.5 g/mol. The van der Waals surface area contributed by atoms with E-state index in [1.807, 2.05) is 26.0 Å². The Hall–Kier alpha value is 0.0300. The average molecular weight is 92.6 g/mol.